The van der Waals surface area contributed by atoms with Gasteiger partial charge in [0.2, 0.25) is 5.91 Å². The molecule has 0 bridgehead atoms. The van der Waals surface area contributed by atoms with Crippen molar-refractivity contribution in [3.63, 3.8) is 0 Å². The summed E-state index contributed by atoms with van der Waals surface area (Å²) in [6.45, 7) is 8.16. The van der Waals surface area contributed by atoms with Crippen LogP contribution in [0.5, 0.6) is 0 Å². The number of carbonyl (C=O) groups excluding carboxylic acids is 1. The second-order valence-electron chi connectivity index (χ2n) is 7.59. The quantitative estimate of drug-likeness (QED) is 0.811. The van der Waals surface area contributed by atoms with Crippen LogP contribution in [0.25, 0.3) is 0 Å². The van der Waals surface area contributed by atoms with Gasteiger partial charge in [0.15, 0.2) is 0 Å². The van der Waals surface area contributed by atoms with Crippen LogP contribution in [0, 0.1) is 6.92 Å². The maximum Gasteiger partial charge on any atom is 0.244 e. The number of hydrogen-bond acceptors (Lipinski definition) is 5. The first-order valence-corrected chi connectivity index (χ1v) is 9.93. The van der Waals surface area contributed by atoms with E-state index in [9.17, 15) is 4.79 Å². The van der Waals surface area contributed by atoms with Gasteiger partial charge in [0, 0.05) is 51.9 Å². The summed E-state index contributed by atoms with van der Waals surface area (Å²) in [6, 6.07) is 12.1. The zero-order chi connectivity index (χ0) is 18.6. The van der Waals surface area contributed by atoms with E-state index in [1.807, 2.05) is 36.1 Å². The molecule has 0 unspecified atom stereocenters. The van der Waals surface area contributed by atoms with Gasteiger partial charge in [-0.1, -0.05) is 35.5 Å². The third-order valence-electron chi connectivity index (χ3n) is 5.60. The molecule has 144 valence electrons. The first-order valence-electron chi connectivity index (χ1n) is 9.93. The fourth-order valence-electron chi connectivity index (χ4n) is 4.16. The van der Waals surface area contributed by atoms with Crippen molar-refractivity contribution in [3.05, 3.63) is 53.4 Å². The number of hydrogen-bond donors (Lipinski definition) is 0. The van der Waals surface area contributed by atoms with E-state index in [1.54, 1.807) is 0 Å². The summed E-state index contributed by atoms with van der Waals surface area (Å²) in [5, 5.41) is 4.10. The van der Waals surface area contributed by atoms with E-state index >= 15 is 0 Å². The molecule has 2 aromatic rings. The Morgan fingerprint density at radius 3 is 2.41 bits per heavy atom. The molecule has 4 rings (SSSR count). The largest absolute Gasteiger partial charge is 0.361 e. The van der Waals surface area contributed by atoms with E-state index in [0.29, 0.717) is 0 Å². The van der Waals surface area contributed by atoms with Crippen molar-refractivity contribution in [3.8, 4) is 0 Å². The highest BCUT2D eigenvalue weighted by atomic mass is 16.5. The summed E-state index contributed by atoms with van der Waals surface area (Å²) < 4.78 is 5.17. The van der Waals surface area contributed by atoms with Crippen molar-refractivity contribution in [2.24, 2.45) is 0 Å². The molecule has 2 aliphatic rings. The third-order valence-corrected chi connectivity index (χ3v) is 5.60. The van der Waals surface area contributed by atoms with Gasteiger partial charge in [0.1, 0.15) is 11.8 Å². The average Bonchev–Trinajstić information content (AvgIpc) is 3.36. The smallest absolute Gasteiger partial charge is 0.244 e. The minimum Gasteiger partial charge on any atom is -0.361 e. The maximum atomic E-state index is 13.3. The molecule has 1 aromatic heterocycles. The Labute approximate surface area is 160 Å². The molecule has 2 saturated heterocycles. The molecule has 2 fully saturated rings. The van der Waals surface area contributed by atoms with Crippen molar-refractivity contribution in [1.82, 2.24) is 19.9 Å². The third kappa shape index (κ3) is 4.22. The number of aryl methyl sites for hydroxylation is 1. The maximum absolute atomic E-state index is 13.3. The van der Waals surface area contributed by atoms with E-state index in [1.165, 1.54) is 0 Å². The normalized spacial score (nSPS) is 20.1. The molecule has 0 saturated carbocycles. The second-order valence-corrected chi connectivity index (χ2v) is 7.59. The number of piperazine rings is 1. The van der Waals surface area contributed by atoms with E-state index in [0.717, 1.165) is 75.7 Å². The number of carbonyl (C=O) groups is 1. The van der Waals surface area contributed by atoms with Crippen molar-refractivity contribution in [2.75, 3.05) is 39.3 Å². The molecule has 0 aliphatic carbocycles. The lowest BCUT2D eigenvalue weighted by atomic mass is 10.0. The predicted molar refractivity (Wildman–Crippen MR) is 103 cm³/mol. The van der Waals surface area contributed by atoms with E-state index in [-0.39, 0.29) is 11.9 Å². The molecule has 0 radical (unpaired) electrons. The molecule has 0 N–H and O–H groups in total. The van der Waals surface area contributed by atoms with Gasteiger partial charge in [0.25, 0.3) is 0 Å². The number of nitrogens with zero attached hydrogens (tertiary/aromatic N) is 4. The van der Waals surface area contributed by atoms with Crippen molar-refractivity contribution in [1.29, 1.82) is 0 Å². The summed E-state index contributed by atoms with van der Waals surface area (Å²) >= 11 is 0. The summed E-state index contributed by atoms with van der Waals surface area (Å²) in [4.78, 5) is 20.0. The van der Waals surface area contributed by atoms with E-state index in [4.69, 9.17) is 4.52 Å². The number of amides is 1. The lowest BCUT2D eigenvalue weighted by Crippen LogP contribution is -2.51. The second kappa shape index (κ2) is 8.23. The van der Waals surface area contributed by atoms with Crippen LogP contribution in [0.15, 0.2) is 40.9 Å². The SMILES string of the molecule is Cc1cc(CN2CCN([C@H](C(=O)N3CCCC3)c3ccccc3)CC2)no1. The average molecular weight is 368 g/mol. The minimum absolute atomic E-state index is 0.166. The molecule has 1 aromatic carbocycles. The molecule has 1 amide bonds. The van der Waals surface area contributed by atoms with Gasteiger partial charge in [-0.25, -0.2) is 0 Å². The van der Waals surface area contributed by atoms with Gasteiger partial charge >= 0.3 is 0 Å². The molecule has 2 aliphatic heterocycles. The number of likely N-dealkylation sites (tertiary alicyclic amines) is 1. The molecule has 0 spiro atoms. The molecule has 27 heavy (non-hydrogen) atoms. The lowest BCUT2D eigenvalue weighted by Gasteiger charge is -2.39. The zero-order valence-electron chi connectivity index (χ0n) is 16.0. The van der Waals surface area contributed by atoms with Crippen molar-refractivity contribution >= 4 is 5.91 Å². The number of benzene rings is 1. The van der Waals surface area contributed by atoms with Crippen LogP contribution in [0.1, 0.15) is 35.9 Å². The highest BCUT2D eigenvalue weighted by Crippen LogP contribution is 2.26. The standard InChI is InChI=1S/C21H28N4O2/c1-17-15-19(22-27-17)16-23-11-13-24(14-12-23)20(18-7-3-2-4-8-18)21(26)25-9-5-6-10-25/h2-4,7-8,15,20H,5-6,9-14,16H2,1H3/t20-/m0/s1. The van der Waals surface area contributed by atoms with Crippen LogP contribution >= 0.6 is 0 Å². The molecule has 6 heteroatoms. The summed E-state index contributed by atoms with van der Waals surface area (Å²) in [5.74, 6) is 1.11. The highest BCUT2D eigenvalue weighted by molar-refractivity contribution is 5.83. The Kier molecular flexibility index (Phi) is 5.55. The highest BCUT2D eigenvalue weighted by Gasteiger charge is 2.34. The molecule has 3 heterocycles. The van der Waals surface area contributed by atoms with Crippen molar-refractivity contribution in [2.45, 2.75) is 32.4 Å². The number of aromatic nitrogens is 1. The van der Waals surface area contributed by atoms with Crippen LogP contribution in [-0.4, -0.2) is 65.0 Å². The van der Waals surface area contributed by atoms with Gasteiger partial charge in [-0.15, -0.1) is 0 Å². The van der Waals surface area contributed by atoms with E-state index in [2.05, 4.69) is 27.1 Å². The van der Waals surface area contributed by atoms with Crippen molar-refractivity contribution < 1.29 is 9.32 Å². The topological polar surface area (TPSA) is 52.8 Å². The molecule has 6 nitrogen and oxygen atoms in total. The monoisotopic (exact) mass is 368 g/mol. The van der Waals surface area contributed by atoms with Gasteiger partial charge in [-0.05, 0) is 25.3 Å². The zero-order valence-corrected chi connectivity index (χ0v) is 16.0. The Bertz CT molecular complexity index is 747. The van der Waals surface area contributed by atoms with Crippen LogP contribution in [0.2, 0.25) is 0 Å². The fourth-order valence-corrected chi connectivity index (χ4v) is 4.16. The first kappa shape index (κ1) is 18.2. The van der Waals surface area contributed by atoms with Crippen LogP contribution in [-0.2, 0) is 11.3 Å². The Morgan fingerprint density at radius 1 is 1.07 bits per heavy atom. The van der Waals surface area contributed by atoms with Gasteiger partial charge in [-0.3, -0.25) is 14.6 Å². The van der Waals surface area contributed by atoms with Crippen LogP contribution in [0.4, 0.5) is 0 Å². The fraction of sp³-hybridized carbons (Fsp3) is 0.524. The lowest BCUT2D eigenvalue weighted by molar-refractivity contribution is -0.137. The summed E-state index contributed by atoms with van der Waals surface area (Å²) in [7, 11) is 0. The van der Waals surface area contributed by atoms with Crippen LogP contribution < -0.4 is 0 Å². The summed E-state index contributed by atoms with van der Waals surface area (Å²) in [6.07, 6.45) is 2.25. The minimum atomic E-state index is -0.166. The number of rotatable bonds is 5. The van der Waals surface area contributed by atoms with E-state index < -0.39 is 0 Å². The van der Waals surface area contributed by atoms with Gasteiger partial charge in [0.05, 0.1) is 5.69 Å². The van der Waals surface area contributed by atoms with Crippen LogP contribution in [0.3, 0.4) is 0 Å². The Morgan fingerprint density at radius 2 is 1.78 bits per heavy atom. The molecular formula is C21H28N4O2. The molecular weight excluding hydrogens is 340 g/mol. The Hall–Kier alpha value is -2.18. The predicted octanol–water partition coefficient (Wildman–Crippen LogP) is 2.46. The first-order chi connectivity index (χ1) is 13.2. The van der Waals surface area contributed by atoms with Gasteiger partial charge in [-0.2, -0.15) is 0 Å². The van der Waals surface area contributed by atoms with Gasteiger partial charge < -0.3 is 9.42 Å². The summed E-state index contributed by atoms with van der Waals surface area (Å²) in [5.41, 5.74) is 2.09. The molecule has 1 atom stereocenters. The Balaban J connectivity index is 1.44.